The van der Waals surface area contributed by atoms with Crippen LogP contribution in [0.15, 0.2) is 0 Å². The summed E-state index contributed by atoms with van der Waals surface area (Å²) in [6.07, 6.45) is 0.930. The molecular weight excluding hydrogens is 194 g/mol. The van der Waals surface area contributed by atoms with Gasteiger partial charge in [-0.1, -0.05) is 20.8 Å². The number of nitrogens with one attached hydrogen (secondary N) is 1. The fourth-order valence-electron chi connectivity index (χ4n) is 1.02. The van der Waals surface area contributed by atoms with Crippen molar-refractivity contribution in [1.82, 2.24) is 5.32 Å². The average Bonchev–Trinajstić information content (AvgIpc) is 2.15. The molecule has 0 rings (SSSR count). The van der Waals surface area contributed by atoms with Gasteiger partial charge < -0.3 is 15.2 Å². The molecule has 0 heterocycles. The molecule has 0 radical (unpaired) electrons. The summed E-state index contributed by atoms with van der Waals surface area (Å²) in [4.78, 5) is 10.5. The van der Waals surface area contributed by atoms with Crippen LogP contribution in [0.25, 0.3) is 0 Å². The molecule has 15 heavy (non-hydrogen) atoms. The number of carboxylic acid groups (broad SMARTS) is 1. The number of carboxylic acids is 1. The van der Waals surface area contributed by atoms with E-state index in [0.29, 0.717) is 12.5 Å². The van der Waals surface area contributed by atoms with Crippen LogP contribution in [-0.2, 0) is 9.53 Å². The zero-order chi connectivity index (χ0) is 11.7. The van der Waals surface area contributed by atoms with Crippen LogP contribution in [0.1, 0.15) is 27.2 Å². The Balaban J connectivity index is 3.15. The summed E-state index contributed by atoms with van der Waals surface area (Å²) in [6.45, 7) is 8.82. The van der Waals surface area contributed by atoms with E-state index in [1.165, 1.54) is 0 Å². The van der Waals surface area contributed by atoms with Crippen molar-refractivity contribution in [2.24, 2.45) is 11.8 Å². The van der Waals surface area contributed by atoms with Crippen molar-refractivity contribution in [3.05, 3.63) is 0 Å². The van der Waals surface area contributed by atoms with Gasteiger partial charge in [0.25, 0.3) is 0 Å². The summed E-state index contributed by atoms with van der Waals surface area (Å²) in [5.74, 6) is -0.495. The molecule has 0 aliphatic heterocycles. The Bertz CT molecular complexity index is 171. The van der Waals surface area contributed by atoms with Gasteiger partial charge in [-0.15, -0.1) is 0 Å². The smallest absolute Gasteiger partial charge is 0.307 e. The molecule has 0 aromatic heterocycles. The summed E-state index contributed by atoms with van der Waals surface area (Å²) in [5, 5.41) is 11.7. The van der Waals surface area contributed by atoms with Gasteiger partial charge in [0.1, 0.15) is 0 Å². The zero-order valence-corrected chi connectivity index (χ0v) is 9.95. The maximum atomic E-state index is 10.5. The van der Waals surface area contributed by atoms with Gasteiger partial charge in [0.05, 0.1) is 5.92 Å². The minimum atomic E-state index is -0.751. The molecule has 0 aromatic carbocycles. The molecule has 90 valence electrons. The van der Waals surface area contributed by atoms with Gasteiger partial charge >= 0.3 is 5.97 Å². The first-order chi connectivity index (χ1) is 7.04. The van der Waals surface area contributed by atoms with Crippen molar-refractivity contribution < 1.29 is 14.6 Å². The third-order valence-corrected chi connectivity index (χ3v) is 1.97. The van der Waals surface area contributed by atoms with Crippen molar-refractivity contribution in [3.8, 4) is 0 Å². The standard InChI is InChI=1S/C11H23NO3/c1-9(2)8-15-6-4-5-12-7-10(3)11(13)14/h9-10,12H,4-8H2,1-3H3,(H,13,14). The number of aliphatic carboxylic acids is 1. The SMILES string of the molecule is CC(C)COCCCNCC(C)C(=O)O. The number of carbonyl (C=O) groups is 1. The third-order valence-electron chi connectivity index (χ3n) is 1.97. The largest absolute Gasteiger partial charge is 0.481 e. The van der Waals surface area contributed by atoms with Crippen molar-refractivity contribution in [2.45, 2.75) is 27.2 Å². The minimum absolute atomic E-state index is 0.318. The molecule has 0 aliphatic carbocycles. The Labute approximate surface area is 92.0 Å². The lowest BCUT2D eigenvalue weighted by atomic mass is 10.2. The Morgan fingerprint density at radius 2 is 2.07 bits per heavy atom. The lowest BCUT2D eigenvalue weighted by molar-refractivity contribution is -0.140. The molecule has 4 nitrogen and oxygen atoms in total. The van der Waals surface area contributed by atoms with E-state index in [1.54, 1.807) is 6.92 Å². The minimum Gasteiger partial charge on any atom is -0.481 e. The lowest BCUT2D eigenvalue weighted by Gasteiger charge is -2.09. The molecule has 0 bridgehead atoms. The van der Waals surface area contributed by atoms with E-state index in [9.17, 15) is 4.79 Å². The van der Waals surface area contributed by atoms with Crippen molar-refractivity contribution in [2.75, 3.05) is 26.3 Å². The second kappa shape index (κ2) is 8.68. The molecule has 0 fully saturated rings. The first kappa shape index (κ1) is 14.4. The number of hydrogen-bond donors (Lipinski definition) is 2. The van der Waals surface area contributed by atoms with Gasteiger partial charge in [-0.2, -0.15) is 0 Å². The van der Waals surface area contributed by atoms with Gasteiger partial charge in [0.15, 0.2) is 0 Å². The van der Waals surface area contributed by atoms with Crippen LogP contribution in [0, 0.1) is 11.8 Å². The van der Waals surface area contributed by atoms with Gasteiger partial charge in [0, 0.05) is 19.8 Å². The third kappa shape index (κ3) is 9.69. The average molecular weight is 217 g/mol. The van der Waals surface area contributed by atoms with Crippen LogP contribution in [0.5, 0.6) is 0 Å². The second-order valence-corrected chi connectivity index (χ2v) is 4.27. The van der Waals surface area contributed by atoms with Gasteiger partial charge in [-0.05, 0) is 18.9 Å². The first-order valence-corrected chi connectivity index (χ1v) is 5.55. The molecule has 2 N–H and O–H groups in total. The molecule has 0 spiro atoms. The monoisotopic (exact) mass is 217 g/mol. The summed E-state index contributed by atoms with van der Waals surface area (Å²) in [6, 6.07) is 0. The van der Waals surface area contributed by atoms with Crippen molar-refractivity contribution in [3.63, 3.8) is 0 Å². The van der Waals surface area contributed by atoms with Crippen molar-refractivity contribution >= 4 is 5.97 Å². The molecule has 0 saturated heterocycles. The van der Waals surface area contributed by atoms with Crippen LogP contribution in [0.2, 0.25) is 0 Å². The number of rotatable bonds is 9. The highest BCUT2D eigenvalue weighted by Gasteiger charge is 2.08. The maximum Gasteiger partial charge on any atom is 0.307 e. The van der Waals surface area contributed by atoms with E-state index in [2.05, 4.69) is 19.2 Å². The summed E-state index contributed by atoms with van der Waals surface area (Å²) in [7, 11) is 0. The summed E-state index contributed by atoms with van der Waals surface area (Å²) < 4.78 is 5.39. The Morgan fingerprint density at radius 1 is 1.40 bits per heavy atom. The Hall–Kier alpha value is -0.610. The van der Waals surface area contributed by atoms with Crippen LogP contribution in [0.3, 0.4) is 0 Å². The van der Waals surface area contributed by atoms with Crippen molar-refractivity contribution in [1.29, 1.82) is 0 Å². The van der Waals surface area contributed by atoms with Gasteiger partial charge in [-0.25, -0.2) is 0 Å². The number of ether oxygens (including phenoxy) is 1. The lowest BCUT2D eigenvalue weighted by Crippen LogP contribution is -2.27. The van der Waals surface area contributed by atoms with E-state index in [4.69, 9.17) is 9.84 Å². The summed E-state index contributed by atoms with van der Waals surface area (Å²) >= 11 is 0. The van der Waals surface area contributed by atoms with Crippen LogP contribution in [-0.4, -0.2) is 37.4 Å². The van der Waals surface area contributed by atoms with E-state index in [1.807, 2.05) is 0 Å². The Kier molecular flexibility index (Phi) is 8.33. The molecule has 4 heteroatoms. The molecule has 0 amide bonds. The predicted molar refractivity (Wildman–Crippen MR) is 59.9 cm³/mol. The molecule has 0 saturated carbocycles. The molecule has 1 atom stereocenters. The Morgan fingerprint density at radius 3 is 2.60 bits per heavy atom. The van der Waals surface area contributed by atoms with Gasteiger partial charge in [-0.3, -0.25) is 4.79 Å². The van der Waals surface area contributed by atoms with E-state index in [-0.39, 0.29) is 5.92 Å². The molecule has 0 aromatic rings. The topological polar surface area (TPSA) is 58.6 Å². The fourth-order valence-corrected chi connectivity index (χ4v) is 1.02. The van der Waals surface area contributed by atoms with Crippen LogP contribution >= 0.6 is 0 Å². The van der Waals surface area contributed by atoms with Gasteiger partial charge in [0.2, 0.25) is 0 Å². The zero-order valence-electron chi connectivity index (χ0n) is 9.95. The first-order valence-electron chi connectivity index (χ1n) is 5.55. The highest BCUT2D eigenvalue weighted by Crippen LogP contribution is 1.94. The molecule has 1 unspecified atom stereocenters. The van der Waals surface area contributed by atoms with E-state index >= 15 is 0 Å². The van der Waals surface area contributed by atoms with Crippen LogP contribution in [0.4, 0.5) is 0 Å². The normalized spacial score (nSPS) is 13.1. The molecular formula is C11H23NO3. The quantitative estimate of drug-likeness (QED) is 0.572. The fraction of sp³-hybridized carbons (Fsp3) is 0.909. The second-order valence-electron chi connectivity index (χ2n) is 4.27. The predicted octanol–water partition coefficient (Wildman–Crippen LogP) is 1.36. The highest BCUT2D eigenvalue weighted by atomic mass is 16.5. The summed E-state index contributed by atoms with van der Waals surface area (Å²) in [5.41, 5.74) is 0. The number of hydrogen-bond acceptors (Lipinski definition) is 3. The maximum absolute atomic E-state index is 10.5. The van der Waals surface area contributed by atoms with E-state index < -0.39 is 5.97 Å². The highest BCUT2D eigenvalue weighted by molar-refractivity contribution is 5.69. The van der Waals surface area contributed by atoms with E-state index in [0.717, 1.165) is 26.2 Å². The molecule has 0 aliphatic rings. The van der Waals surface area contributed by atoms with Crippen LogP contribution < -0.4 is 5.32 Å².